The third-order valence-corrected chi connectivity index (χ3v) is 7.11. The van der Waals surface area contributed by atoms with Crippen LogP contribution in [0.3, 0.4) is 0 Å². The molecule has 0 amide bonds. The maximum absolute atomic E-state index is 14.1. The molecular weight excluding hydrogens is 502 g/mol. The van der Waals surface area contributed by atoms with Crippen LogP contribution < -0.4 is 0 Å². The summed E-state index contributed by atoms with van der Waals surface area (Å²) < 4.78 is 11.4. The first-order chi connectivity index (χ1) is 19.3. The molecule has 0 saturated carbocycles. The minimum atomic E-state index is -0.873. The summed E-state index contributed by atoms with van der Waals surface area (Å²) in [4.78, 5) is 33.8. The Morgan fingerprint density at radius 2 is 1.60 bits per heavy atom. The lowest BCUT2D eigenvalue weighted by atomic mass is 9.74. The van der Waals surface area contributed by atoms with E-state index < -0.39 is 29.9 Å². The van der Waals surface area contributed by atoms with Crippen LogP contribution in [0.4, 0.5) is 0 Å². The molecule has 7 heteroatoms. The molecule has 1 heterocycles. The molecule has 0 N–H and O–H groups in total. The van der Waals surface area contributed by atoms with Crippen LogP contribution >= 0.6 is 0 Å². The molecule has 3 atom stereocenters. The molecule has 7 nitrogen and oxygen atoms in total. The third-order valence-electron chi connectivity index (χ3n) is 7.11. The predicted molar refractivity (Wildman–Crippen MR) is 153 cm³/mol. The van der Waals surface area contributed by atoms with E-state index >= 15 is 0 Å². The number of esters is 2. The highest BCUT2D eigenvalue weighted by atomic mass is 16.5. The topological polar surface area (TPSA) is 92.0 Å². The van der Waals surface area contributed by atoms with E-state index in [0.717, 1.165) is 11.1 Å². The summed E-state index contributed by atoms with van der Waals surface area (Å²) in [6.45, 7) is 4.59. The summed E-state index contributed by atoms with van der Waals surface area (Å²) in [5, 5.41) is 9.87. The SMILES string of the molecule is COC(=O)C1C(C)=NC(C)=C(C(=O)OC(CN(C)Cc2ccccc2)c2ccccc2)C1c1ccccc1C#N. The van der Waals surface area contributed by atoms with Gasteiger partial charge in [0, 0.05) is 30.4 Å². The van der Waals surface area contributed by atoms with Crippen molar-refractivity contribution in [1.82, 2.24) is 4.90 Å². The summed E-state index contributed by atoms with van der Waals surface area (Å²) in [6, 6.07) is 28.8. The maximum atomic E-state index is 14.1. The molecule has 0 saturated heterocycles. The van der Waals surface area contributed by atoms with Gasteiger partial charge in [-0.2, -0.15) is 5.26 Å². The Hall–Kier alpha value is -4.54. The lowest BCUT2D eigenvalue weighted by Gasteiger charge is -2.33. The van der Waals surface area contributed by atoms with Crippen molar-refractivity contribution in [3.63, 3.8) is 0 Å². The van der Waals surface area contributed by atoms with Crippen molar-refractivity contribution < 1.29 is 19.1 Å². The average Bonchev–Trinajstić information content (AvgIpc) is 2.96. The Morgan fingerprint density at radius 1 is 0.975 bits per heavy atom. The molecule has 0 aromatic heterocycles. The number of benzene rings is 3. The average molecular weight is 536 g/mol. The largest absolute Gasteiger partial charge is 0.468 e. The molecule has 0 aliphatic carbocycles. The summed E-state index contributed by atoms with van der Waals surface area (Å²) in [5.41, 5.74) is 4.13. The molecule has 40 heavy (non-hydrogen) atoms. The highest BCUT2D eigenvalue weighted by molar-refractivity contribution is 6.07. The van der Waals surface area contributed by atoms with Crippen LogP contribution in [-0.4, -0.2) is 43.3 Å². The standard InChI is InChI=1S/C33H33N3O4/c1-22-29(32(37)39-4)31(27-18-12-11-17-26(27)19-34)30(23(2)35-22)33(38)40-28(25-15-9-6-10-16-25)21-36(3)20-24-13-7-5-8-14-24/h5-18,28-29,31H,20-21H2,1-4H3. The van der Waals surface area contributed by atoms with E-state index in [9.17, 15) is 14.9 Å². The van der Waals surface area contributed by atoms with Crippen LogP contribution in [-0.2, 0) is 25.6 Å². The molecule has 0 radical (unpaired) electrons. The molecule has 204 valence electrons. The number of rotatable bonds is 9. The number of hydrogen-bond donors (Lipinski definition) is 0. The van der Waals surface area contributed by atoms with Crippen LogP contribution in [0.25, 0.3) is 0 Å². The molecule has 1 aliphatic rings. The van der Waals surface area contributed by atoms with Crippen molar-refractivity contribution in [2.45, 2.75) is 32.4 Å². The highest BCUT2D eigenvalue weighted by Crippen LogP contribution is 2.42. The number of carbonyl (C=O) groups excluding carboxylic acids is 2. The first kappa shape index (κ1) is 28.5. The lowest BCUT2D eigenvalue weighted by molar-refractivity contribution is -0.147. The lowest BCUT2D eigenvalue weighted by Crippen LogP contribution is -2.37. The number of likely N-dealkylation sites (N-methyl/N-ethyl adjacent to an activating group) is 1. The van der Waals surface area contributed by atoms with Gasteiger partial charge in [-0.3, -0.25) is 14.7 Å². The number of methoxy groups -OCH3 is 1. The molecule has 3 aromatic rings. The van der Waals surface area contributed by atoms with Gasteiger partial charge in [0.2, 0.25) is 0 Å². The minimum Gasteiger partial charge on any atom is -0.468 e. The van der Waals surface area contributed by atoms with Crippen molar-refractivity contribution >= 4 is 17.7 Å². The molecule has 0 fully saturated rings. The van der Waals surface area contributed by atoms with Gasteiger partial charge in [-0.05, 0) is 43.7 Å². The van der Waals surface area contributed by atoms with Gasteiger partial charge in [-0.25, -0.2) is 4.79 Å². The monoisotopic (exact) mass is 535 g/mol. The summed E-state index contributed by atoms with van der Waals surface area (Å²) in [6.07, 6.45) is -0.585. The van der Waals surface area contributed by atoms with E-state index in [1.165, 1.54) is 7.11 Å². The highest BCUT2D eigenvalue weighted by Gasteiger charge is 2.43. The first-order valence-corrected chi connectivity index (χ1v) is 13.1. The fourth-order valence-electron chi connectivity index (χ4n) is 5.25. The van der Waals surface area contributed by atoms with Crippen molar-refractivity contribution in [3.05, 3.63) is 118 Å². The number of carbonyl (C=O) groups is 2. The number of nitriles is 1. The number of aliphatic imine (C=N–C) groups is 1. The van der Waals surface area contributed by atoms with Crippen LogP contribution in [0.1, 0.15) is 48.1 Å². The van der Waals surface area contributed by atoms with Gasteiger partial charge < -0.3 is 9.47 Å². The predicted octanol–water partition coefficient (Wildman–Crippen LogP) is 5.60. The molecule has 3 unspecified atom stereocenters. The maximum Gasteiger partial charge on any atom is 0.337 e. The second-order valence-corrected chi connectivity index (χ2v) is 9.92. The Bertz CT molecular complexity index is 1460. The Morgan fingerprint density at radius 3 is 2.25 bits per heavy atom. The minimum absolute atomic E-state index is 0.246. The van der Waals surface area contributed by atoms with Gasteiger partial charge in [-0.1, -0.05) is 78.9 Å². The van der Waals surface area contributed by atoms with Gasteiger partial charge in [-0.15, -0.1) is 0 Å². The van der Waals surface area contributed by atoms with E-state index in [-0.39, 0.29) is 5.57 Å². The quantitative estimate of drug-likeness (QED) is 0.332. The molecule has 0 bridgehead atoms. The number of hydrogen-bond acceptors (Lipinski definition) is 7. The van der Waals surface area contributed by atoms with Crippen LogP contribution in [0.15, 0.2) is 101 Å². The van der Waals surface area contributed by atoms with Crippen molar-refractivity contribution in [2.75, 3.05) is 20.7 Å². The van der Waals surface area contributed by atoms with Gasteiger partial charge in [0.05, 0.1) is 24.3 Å². The smallest absolute Gasteiger partial charge is 0.337 e. The van der Waals surface area contributed by atoms with Crippen LogP contribution in [0.5, 0.6) is 0 Å². The van der Waals surface area contributed by atoms with Crippen LogP contribution in [0.2, 0.25) is 0 Å². The molecule has 0 spiro atoms. The zero-order valence-corrected chi connectivity index (χ0v) is 23.2. The number of nitrogens with zero attached hydrogens (tertiary/aromatic N) is 3. The Labute approximate surface area is 235 Å². The second-order valence-electron chi connectivity index (χ2n) is 9.92. The number of ether oxygens (including phenoxy) is 2. The molecule has 3 aromatic carbocycles. The van der Waals surface area contributed by atoms with E-state index in [4.69, 9.17) is 9.47 Å². The second kappa shape index (κ2) is 13.0. The van der Waals surface area contributed by atoms with Crippen molar-refractivity contribution in [3.8, 4) is 6.07 Å². The van der Waals surface area contributed by atoms with Crippen molar-refractivity contribution in [2.24, 2.45) is 10.9 Å². The molecule has 1 aliphatic heterocycles. The third kappa shape index (κ3) is 6.36. The van der Waals surface area contributed by atoms with Gasteiger partial charge >= 0.3 is 11.9 Å². The van der Waals surface area contributed by atoms with E-state index in [1.54, 1.807) is 38.1 Å². The zero-order valence-electron chi connectivity index (χ0n) is 23.2. The molecule has 4 rings (SSSR count). The van der Waals surface area contributed by atoms with Gasteiger partial charge in [0.15, 0.2) is 0 Å². The van der Waals surface area contributed by atoms with Gasteiger partial charge in [0.25, 0.3) is 0 Å². The summed E-state index contributed by atoms with van der Waals surface area (Å²) >= 11 is 0. The number of allylic oxidation sites excluding steroid dienone is 1. The fourth-order valence-corrected chi connectivity index (χ4v) is 5.25. The van der Waals surface area contributed by atoms with E-state index in [2.05, 4.69) is 28.1 Å². The molecular formula is C33H33N3O4. The van der Waals surface area contributed by atoms with E-state index in [0.29, 0.717) is 35.6 Å². The normalized spacial score (nSPS) is 17.6. The Kier molecular flexibility index (Phi) is 9.26. The zero-order chi connectivity index (χ0) is 28.6. The summed E-state index contributed by atoms with van der Waals surface area (Å²) in [5.74, 6) is -2.77. The Balaban J connectivity index is 1.72. The van der Waals surface area contributed by atoms with Crippen molar-refractivity contribution in [1.29, 1.82) is 5.26 Å². The van der Waals surface area contributed by atoms with Crippen LogP contribution in [0, 0.1) is 17.2 Å². The van der Waals surface area contributed by atoms with E-state index in [1.807, 2.05) is 55.6 Å². The van der Waals surface area contributed by atoms with Gasteiger partial charge in [0.1, 0.15) is 12.0 Å². The summed E-state index contributed by atoms with van der Waals surface area (Å²) in [7, 11) is 3.29. The first-order valence-electron chi connectivity index (χ1n) is 13.1. The fraction of sp³-hybridized carbons (Fsp3) is 0.273.